The standard InChI is InChI=1S/C10H17NO3/c1-7-5-10(7,6-12)11-8(13)14-9(2,3)4/h6-7H,5H2,1-4H3,(H,11,13)/t7-,10?/m1/s1. The van der Waals surface area contributed by atoms with Gasteiger partial charge in [0.2, 0.25) is 0 Å². The molecule has 0 saturated heterocycles. The van der Waals surface area contributed by atoms with E-state index in [1.807, 2.05) is 6.92 Å². The molecule has 1 N–H and O–H groups in total. The molecule has 1 amide bonds. The summed E-state index contributed by atoms with van der Waals surface area (Å²) in [7, 11) is 0. The average Bonchev–Trinajstić information content (AvgIpc) is 2.58. The summed E-state index contributed by atoms with van der Waals surface area (Å²) in [6, 6.07) is 0. The Morgan fingerprint density at radius 3 is 2.36 bits per heavy atom. The zero-order chi connectivity index (χ0) is 11.0. The molecule has 14 heavy (non-hydrogen) atoms. The average molecular weight is 199 g/mol. The maximum Gasteiger partial charge on any atom is 0.408 e. The number of aldehydes is 1. The highest BCUT2D eigenvalue weighted by Crippen LogP contribution is 2.41. The molecule has 1 saturated carbocycles. The largest absolute Gasteiger partial charge is 0.444 e. The fourth-order valence-corrected chi connectivity index (χ4v) is 1.31. The Balaban J connectivity index is 2.46. The first-order valence-corrected chi connectivity index (χ1v) is 4.76. The van der Waals surface area contributed by atoms with Crippen LogP contribution in [0.3, 0.4) is 0 Å². The molecule has 0 bridgehead atoms. The van der Waals surface area contributed by atoms with Crippen LogP contribution in [0.5, 0.6) is 0 Å². The third-order valence-electron chi connectivity index (χ3n) is 2.31. The van der Waals surface area contributed by atoms with Crippen LogP contribution in [-0.4, -0.2) is 23.5 Å². The third kappa shape index (κ3) is 2.47. The minimum atomic E-state index is -0.664. The number of carbonyl (C=O) groups excluding carboxylic acids is 2. The lowest BCUT2D eigenvalue weighted by atomic mass is 10.2. The quantitative estimate of drug-likeness (QED) is 0.685. The van der Waals surface area contributed by atoms with Gasteiger partial charge >= 0.3 is 6.09 Å². The molecule has 1 fully saturated rings. The van der Waals surface area contributed by atoms with E-state index < -0.39 is 17.2 Å². The molecule has 0 aromatic heterocycles. The molecule has 80 valence electrons. The fraction of sp³-hybridized carbons (Fsp3) is 0.800. The molecular weight excluding hydrogens is 182 g/mol. The Morgan fingerprint density at radius 1 is 1.57 bits per heavy atom. The van der Waals surface area contributed by atoms with E-state index in [1.165, 1.54) is 0 Å². The number of rotatable bonds is 2. The molecule has 0 aliphatic heterocycles. The predicted octanol–water partition coefficient (Wildman–Crippen LogP) is 1.49. The number of carbonyl (C=O) groups is 2. The van der Waals surface area contributed by atoms with Crippen LogP contribution in [0.1, 0.15) is 34.1 Å². The Hall–Kier alpha value is -1.06. The number of ether oxygens (including phenoxy) is 1. The number of alkyl carbamates (subject to hydrolysis) is 1. The van der Waals surface area contributed by atoms with Crippen LogP contribution in [0.25, 0.3) is 0 Å². The monoisotopic (exact) mass is 199 g/mol. The molecule has 1 unspecified atom stereocenters. The van der Waals surface area contributed by atoms with Gasteiger partial charge in [0.1, 0.15) is 17.4 Å². The van der Waals surface area contributed by atoms with Gasteiger partial charge < -0.3 is 14.8 Å². The summed E-state index contributed by atoms with van der Waals surface area (Å²) in [4.78, 5) is 22.1. The van der Waals surface area contributed by atoms with Crippen LogP contribution >= 0.6 is 0 Å². The van der Waals surface area contributed by atoms with E-state index in [0.717, 1.165) is 6.29 Å². The summed E-state index contributed by atoms with van der Waals surface area (Å²) in [6.07, 6.45) is 0.978. The van der Waals surface area contributed by atoms with Gasteiger partial charge in [-0.25, -0.2) is 4.79 Å². The second-order valence-electron chi connectivity index (χ2n) is 4.89. The summed E-state index contributed by atoms with van der Waals surface area (Å²) >= 11 is 0. The van der Waals surface area contributed by atoms with Gasteiger partial charge in [0.15, 0.2) is 0 Å². The molecule has 0 heterocycles. The molecule has 0 spiro atoms. The second-order valence-corrected chi connectivity index (χ2v) is 4.89. The van der Waals surface area contributed by atoms with Crippen molar-refractivity contribution in [1.29, 1.82) is 0 Å². The van der Waals surface area contributed by atoms with Crippen molar-refractivity contribution in [2.75, 3.05) is 0 Å². The van der Waals surface area contributed by atoms with Crippen LogP contribution < -0.4 is 5.32 Å². The summed E-state index contributed by atoms with van der Waals surface area (Å²) < 4.78 is 5.05. The molecule has 0 radical (unpaired) electrons. The normalized spacial score (nSPS) is 30.7. The van der Waals surface area contributed by atoms with E-state index in [9.17, 15) is 9.59 Å². The van der Waals surface area contributed by atoms with Gasteiger partial charge in [0, 0.05) is 0 Å². The van der Waals surface area contributed by atoms with Crippen LogP contribution in [0.2, 0.25) is 0 Å². The topological polar surface area (TPSA) is 55.4 Å². The Morgan fingerprint density at radius 2 is 2.07 bits per heavy atom. The zero-order valence-corrected chi connectivity index (χ0v) is 9.09. The van der Waals surface area contributed by atoms with Gasteiger partial charge in [-0.05, 0) is 33.1 Å². The number of hydrogen-bond donors (Lipinski definition) is 1. The predicted molar refractivity (Wildman–Crippen MR) is 51.9 cm³/mol. The van der Waals surface area contributed by atoms with Crippen LogP contribution in [-0.2, 0) is 9.53 Å². The molecule has 1 rings (SSSR count). The number of nitrogens with one attached hydrogen (secondary N) is 1. The van der Waals surface area contributed by atoms with Crippen molar-refractivity contribution in [3.8, 4) is 0 Å². The van der Waals surface area contributed by atoms with Crippen molar-refractivity contribution in [2.45, 2.75) is 45.3 Å². The maximum atomic E-state index is 11.3. The van der Waals surface area contributed by atoms with E-state index in [4.69, 9.17) is 4.74 Å². The molecular formula is C10H17NO3. The zero-order valence-electron chi connectivity index (χ0n) is 9.09. The summed E-state index contributed by atoms with van der Waals surface area (Å²) in [6.45, 7) is 7.29. The molecule has 0 aromatic carbocycles. The first-order chi connectivity index (χ1) is 6.29. The SMILES string of the molecule is C[C@@H]1CC1(C=O)NC(=O)OC(C)(C)C. The summed E-state index contributed by atoms with van der Waals surface area (Å²) in [5, 5.41) is 2.59. The van der Waals surface area contributed by atoms with E-state index in [0.29, 0.717) is 6.42 Å². The van der Waals surface area contributed by atoms with Crippen molar-refractivity contribution >= 4 is 12.4 Å². The Bertz CT molecular complexity index is 257. The van der Waals surface area contributed by atoms with Crippen molar-refractivity contribution in [1.82, 2.24) is 5.32 Å². The van der Waals surface area contributed by atoms with Gasteiger partial charge in [-0.1, -0.05) is 6.92 Å². The molecule has 4 heteroatoms. The van der Waals surface area contributed by atoms with Gasteiger partial charge in [0.05, 0.1) is 0 Å². The van der Waals surface area contributed by atoms with Gasteiger partial charge in [-0.2, -0.15) is 0 Å². The molecule has 0 aromatic rings. The van der Waals surface area contributed by atoms with Gasteiger partial charge in [-0.15, -0.1) is 0 Å². The van der Waals surface area contributed by atoms with Gasteiger partial charge in [0.25, 0.3) is 0 Å². The fourth-order valence-electron chi connectivity index (χ4n) is 1.31. The molecule has 4 nitrogen and oxygen atoms in total. The van der Waals surface area contributed by atoms with E-state index >= 15 is 0 Å². The van der Waals surface area contributed by atoms with Crippen LogP contribution in [0, 0.1) is 5.92 Å². The first kappa shape index (κ1) is 11.0. The van der Waals surface area contributed by atoms with Crippen LogP contribution in [0.15, 0.2) is 0 Å². The number of hydrogen-bond acceptors (Lipinski definition) is 3. The Labute approximate surface area is 84.0 Å². The molecule has 1 aliphatic carbocycles. The molecule has 1 aliphatic rings. The summed E-state index contributed by atoms with van der Waals surface area (Å²) in [5.74, 6) is 0.215. The van der Waals surface area contributed by atoms with E-state index in [2.05, 4.69) is 5.32 Å². The van der Waals surface area contributed by atoms with E-state index in [-0.39, 0.29) is 5.92 Å². The minimum Gasteiger partial charge on any atom is -0.444 e. The Kier molecular flexibility index (Phi) is 2.56. The lowest BCUT2D eigenvalue weighted by molar-refractivity contribution is -0.110. The molecule has 2 atom stereocenters. The third-order valence-corrected chi connectivity index (χ3v) is 2.31. The maximum absolute atomic E-state index is 11.3. The second kappa shape index (κ2) is 3.26. The van der Waals surface area contributed by atoms with Gasteiger partial charge in [-0.3, -0.25) is 0 Å². The number of amides is 1. The first-order valence-electron chi connectivity index (χ1n) is 4.76. The van der Waals surface area contributed by atoms with E-state index in [1.54, 1.807) is 20.8 Å². The minimum absolute atomic E-state index is 0.215. The summed E-state index contributed by atoms with van der Waals surface area (Å²) in [5.41, 5.74) is -1.19. The van der Waals surface area contributed by atoms with Crippen molar-refractivity contribution in [3.05, 3.63) is 0 Å². The van der Waals surface area contributed by atoms with Crippen molar-refractivity contribution < 1.29 is 14.3 Å². The lowest BCUT2D eigenvalue weighted by Gasteiger charge is -2.21. The highest BCUT2D eigenvalue weighted by atomic mass is 16.6. The highest BCUT2D eigenvalue weighted by Gasteiger charge is 2.53. The lowest BCUT2D eigenvalue weighted by Crippen LogP contribution is -2.42. The van der Waals surface area contributed by atoms with Crippen molar-refractivity contribution in [2.24, 2.45) is 5.92 Å². The van der Waals surface area contributed by atoms with Crippen molar-refractivity contribution in [3.63, 3.8) is 0 Å². The smallest absolute Gasteiger partial charge is 0.408 e. The van der Waals surface area contributed by atoms with Crippen LogP contribution in [0.4, 0.5) is 4.79 Å². The highest BCUT2D eigenvalue weighted by molar-refractivity contribution is 5.80.